The minimum Gasteiger partial charge on any atom is -0.266 e. The Kier molecular flexibility index (Phi) is 3.94. The van der Waals surface area contributed by atoms with Crippen molar-refractivity contribution in [3.8, 4) is 0 Å². The molecule has 1 atom stereocenters. The Morgan fingerprint density at radius 3 is 2.33 bits per heavy atom. The quantitative estimate of drug-likeness (QED) is 0.644. The first kappa shape index (κ1) is 9.92. The molecule has 0 aliphatic heterocycles. The molecule has 72 valence electrons. The molecule has 0 aromatic rings. The van der Waals surface area contributed by atoms with Crippen LogP contribution in [0, 0.1) is 5.92 Å². The predicted octanol–water partition coefficient (Wildman–Crippen LogP) is 1.97. The summed E-state index contributed by atoms with van der Waals surface area (Å²) in [7, 11) is 0. The average Bonchev–Trinajstić information content (AvgIpc) is 2.05. The Morgan fingerprint density at radius 1 is 1.25 bits per heavy atom. The van der Waals surface area contributed by atoms with E-state index in [-0.39, 0.29) is 11.5 Å². The lowest BCUT2D eigenvalue weighted by Crippen LogP contribution is -2.29. The van der Waals surface area contributed by atoms with Crippen molar-refractivity contribution in [2.75, 3.05) is 0 Å². The van der Waals surface area contributed by atoms with Gasteiger partial charge in [-0.2, -0.15) is 0 Å². The van der Waals surface area contributed by atoms with Crippen LogP contribution in [0.4, 0.5) is 0 Å². The van der Waals surface area contributed by atoms with Gasteiger partial charge in [-0.15, -0.1) is 0 Å². The summed E-state index contributed by atoms with van der Waals surface area (Å²) in [4.78, 5) is 4.73. The maximum atomic E-state index is 8.42. The molecule has 0 radical (unpaired) electrons. The fourth-order valence-corrected chi connectivity index (χ4v) is 1.84. The maximum Gasteiger partial charge on any atom is 0.0844 e. The SMILES string of the molecule is CC(ON(O)O)C1CCCCC1. The average molecular weight is 175 g/mol. The summed E-state index contributed by atoms with van der Waals surface area (Å²) in [6, 6.07) is 0. The number of hydrogen-bond donors (Lipinski definition) is 2. The molecule has 0 heterocycles. The normalized spacial score (nSPS) is 23.0. The van der Waals surface area contributed by atoms with Gasteiger partial charge in [0.1, 0.15) is 0 Å². The Labute approximate surface area is 72.6 Å². The molecule has 0 saturated heterocycles. The highest BCUT2D eigenvalue weighted by Gasteiger charge is 2.22. The van der Waals surface area contributed by atoms with Gasteiger partial charge in [0.15, 0.2) is 0 Å². The molecule has 0 aromatic heterocycles. The molecule has 0 aromatic carbocycles. The van der Waals surface area contributed by atoms with Crippen molar-refractivity contribution in [1.82, 2.24) is 5.39 Å². The zero-order valence-corrected chi connectivity index (χ0v) is 7.44. The van der Waals surface area contributed by atoms with Crippen LogP contribution in [-0.2, 0) is 4.84 Å². The third-order valence-electron chi connectivity index (χ3n) is 2.57. The van der Waals surface area contributed by atoms with E-state index in [0.717, 1.165) is 12.8 Å². The van der Waals surface area contributed by atoms with E-state index in [9.17, 15) is 0 Å². The minimum atomic E-state index is -0.181. The molecule has 4 heteroatoms. The molecule has 1 fully saturated rings. The van der Waals surface area contributed by atoms with Crippen LogP contribution in [0.1, 0.15) is 39.0 Å². The third-order valence-corrected chi connectivity index (χ3v) is 2.57. The van der Waals surface area contributed by atoms with Gasteiger partial charge in [-0.05, 0) is 25.7 Å². The summed E-state index contributed by atoms with van der Waals surface area (Å²) in [5.41, 5.74) is 0. The van der Waals surface area contributed by atoms with Crippen LogP contribution < -0.4 is 0 Å². The first-order chi connectivity index (χ1) is 5.70. The molecule has 1 rings (SSSR count). The van der Waals surface area contributed by atoms with E-state index in [4.69, 9.17) is 15.3 Å². The summed E-state index contributed by atoms with van der Waals surface area (Å²) < 4.78 is 0. The fourth-order valence-electron chi connectivity index (χ4n) is 1.84. The fraction of sp³-hybridized carbons (Fsp3) is 1.00. The summed E-state index contributed by atoms with van der Waals surface area (Å²) in [5.74, 6) is 0.473. The molecule has 4 nitrogen and oxygen atoms in total. The topological polar surface area (TPSA) is 52.9 Å². The van der Waals surface area contributed by atoms with E-state index in [1.165, 1.54) is 19.3 Å². The van der Waals surface area contributed by atoms with Crippen LogP contribution in [0.15, 0.2) is 0 Å². The van der Waals surface area contributed by atoms with Gasteiger partial charge in [0.2, 0.25) is 0 Å². The van der Waals surface area contributed by atoms with E-state index < -0.39 is 0 Å². The third kappa shape index (κ3) is 3.06. The summed E-state index contributed by atoms with van der Waals surface area (Å²) in [5, 5.41) is 16.7. The van der Waals surface area contributed by atoms with Crippen molar-refractivity contribution < 1.29 is 15.3 Å². The van der Waals surface area contributed by atoms with Gasteiger partial charge in [-0.25, -0.2) is 4.84 Å². The molecular formula is C8H17NO3. The smallest absolute Gasteiger partial charge is 0.0844 e. The van der Waals surface area contributed by atoms with Gasteiger partial charge in [0, 0.05) is 0 Å². The molecule has 2 N–H and O–H groups in total. The van der Waals surface area contributed by atoms with Gasteiger partial charge in [0.05, 0.1) is 11.5 Å². The van der Waals surface area contributed by atoms with Gasteiger partial charge >= 0.3 is 0 Å². The first-order valence-corrected chi connectivity index (χ1v) is 4.55. The van der Waals surface area contributed by atoms with E-state index in [0.29, 0.717) is 5.92 Å². The zero-order valence-electron chi connectivity index (χ0n) is 7.44. The summed E-state index contributed by atoms with van der Waals surface area (Å²) >= 11 is 0. The van der Waals surface area contributed by atoms with Crippen LogP contribution in [0.5, 0.6) is 0 Å². The Bertz CT molecular complexity index is 123. The van der Waals surface area contributed by atoms with E-state index >= 15 is 0 Å². The number of nitrogens with zero attached hydrogens (tertiary/aromatic N) is 1. The van der Waals surface area contributed by atoms with Crippen molar-refractivity contribution in [3.63, 3.8) is 0 Å². The molecule has 1 aliphatic rings. The molecule has 12 heavy (non-hydrogen) atoms. The molecule has 1 aliphatic carbocycles. The second-order valence-electron chi connectivity index (χ2n) is 3.46. The Balaban J connectivity index is 2.24. The second kappa shape index (κ2) is 4.77. The minimum absolute atomic E-state index is 0.0969. The highest BCUT2D eigenvalue weighted by molar-refractivity contribution is 4.70. The van der Waals surface area contributed by atoms with Crippen molar-refractivity contribution in [3.05, 3.63) is 0 Å². The van der Waals surface area contributed by atoms with Crippen LogP contribution in [0.3, 0.4) is 0 Å². The molecule has 0 bridgehead atoms. The van der Waals surface area contributed by atoms with Crippen LogP contribution in [0.25, 0.3) is 0 Å². The van der Waals surface area contributed by atoms with Crippen molar-refractivity contribution in [1.29, 1.82) is 0 Å². The number of rotatable bonds is 3. The van der Waals surface area contributed by atoms with Crippen LogP contribution in [-0.4, -0.2) is 21.9 Å². The van der Waals surface area contributed by atoms with E-state index in [2.05, 4.69) is 0 Å². The lowest BCUT2D eigenvalue weighted by atomic mass is 9.86. The van der Waals surface area contributed by atoms with Crippen molar-refractivity contribution in [2.24, 2.45) is 5.92 Å². The number of hydrogen-bond acceptors (Lipinski definition) is 4. The highest BCUT2D eigenvalue weighted by Crippen LogP contribution is 2.27. The second-order valence-corrected chi connectivity index (χ2v) is 3.46. The molecule has 0 spiro atoms. The lowest BCUT2D eigenvalue weighted by molar-refractivity contribution is -0.506. The van der Waals surface area contributed by atoms with E-state index in [1.807, 2.05) is 6.92 Å². The monoisotopic (exact) mass is 175 g/mol. The Hall–Kier alpha value is -0.160. The molecular weight excluding hydrogens is 158 g/mol. The lowest BCUT2D eigenvalue weighted by Gasteiger charge is -2.27. The highest BCUT2D eigenvalue weighted by atomic mass is 17.1. The van der Waals surface area contributed by atoms with Gasteiger partial charge in [0.25, 0.3) is 0 Å². The summed E-state index contributed by atoms with van der Waals surface area (Å²) in [6.07, 6.45) is 5.93. The largest absolute Gasteiger partial charge is 0.266 e. The van der Waals surface area contributed by atoms with Crippen LogP contribution in [0.2, 0.25) is 0 Å². The maximum absolute atomic E-state index is 8.42. The van der Waals surface area contributed by atoms with Gasteiger partial charge in [-0.3, -0.25) is 10.4 Å². The van der Waals surface area contributed by atoms with E-state index in [1.54, 1.807) is 0 Å². The van der Waals surface area contributed by atoms with Gasteiger partial charge in [-0.1, -0.05) is 19.3 Å². The van der Waals surface area contributed by atoms with Crippen molar-refractivity contribution in [2.45, 2.75) is 45.1 Å². The van der Waals surface area contributed by atoms with Gasteiger partial charge < -0.3 is 0 Å². The van der Waals surface area contributed by atoms with Crippen LogP contribution >= 0.6 is 0 Å². The predicted molar refractivity (Wildman–Crippen MR) is 42.5 cm³/mol. The molecule has 0 amide bonds. The van der Waals surface area contributed by atoms with Crippen molar-refractivity contribution >= 4 is 0 Å². The summed E-state index contributed by atoms with van der Waals surface area (Å²) in [6.45, 7) is 1.87. The first-order valence-electron chi connectivity index (χ1n) is 4.55. The Morgan fingerprint density at radius 2 is 1.83 bits per heavy atom. The zero-order chi connectivity index (χ0) is 8.97. The molecule has 1 unspecified atom stereocenters. The molecule has 1 saturated carbocycles. The standard InChI is InChI=1S/C8H17NO3/c1-7(12-9(10)11)8-5-3-2-4-6-8/h7-8,10-11H,2-6H2,1H3.